The van der Waals surface area contributed by atoms with Crippen LogP contribution < -0.4 is 10.6 Å². The molecule has 2 rings (SSSR count). The highest BCUT2D eigenvalue weighted by Gasteiger charge is 2.19. The summed E-state index contributed by atoms with van der Waals surface area (Å²) < 4.78 is 5.87. The molecule has 1 heterocycles. The van der Waals surface area contributed by atoms with E-state index in [4.69, 9.17) is 4.74 Å². The highest BCUT2D eigenvalue weighted by Crippen LogP contribution is 2.25. The Morgan fingerprint density at radius 3 is 2.79 bits per heavy atom. The van der Waals surface area contributed by atoms with Crippen LogP contribution in [0.4, 0.5) is 0 Å². The van der Waals surface area contributed by atoms with Gasteiger partial charge in [0.05, 0.1) is 12.7 Å². The second kappa shape index (κ2) is 6.51. The minimum Gasteiger partial charge on any atom is -0.372 e. The van der Waals surface area contributed by atoms with E-state index in [9.17, 15) is 0 Å². The zero-order chi connectivity index (χ0) is 13.7. The van der Waals surface area contributed by atoms with Gasteiger partial charge in [-0.15, -0.1) is 0 Å². The molecule has 1 aliphatic heterocycles. The molecule has 1 aromatic carbocycles. The van der Waals surface area contributed by atoms with Crippen molar-refractivity contribution in [3.05, 3.63) is 35.4 Å². The summed E-state index contributed by atoms with van der Waals surface area (Å²) in [5.41, 5.74) is 2.98. The van der Waals surface area contributed by atoms with Crippen LogP contribution in [0.2, 0.25) is 0 Å². The highest BCUT2D eigenvalue weighted by molar-refractivity contribution is 5.31. The number of benzene rings is 1. The van der Waals surface area contributed by atoms with E-state index in [1.165, 1.54) is 11.1 Å². The summed E-state index contributed by atoms with van der Waals surface area (Å²) in [6.07, 6.45) is 1.25. The van der Waals surface area contributed by atoms with Crippen molar-refractivity contribution in [1.29, 1.82) is 0 Å². The summed E-state index contributed by atoms with van der Waals surface area (Å²) in [7, 11) is 0. The number of nitrogens with one attached hydrogen (secondary N) is 2. The number of fused-ring (bicyclic) bond motifs is 1. The molecule has 1 aliphatic rings. The van der Waals surface area contributed by atoms with Crippen LogP contribution in [0.15, 0.2) is 24.3 Å². The second-order valence-corrected chi connectivity index (χ2v) is 6.19. The molecule has 0 spiro atoms. The molecule has 1 unspecified atom stereocenters. The Labute approximate surface area is 116 Å². The van der Waals surface area contributed by atoms with Gasteiger partial charge in [-0.25, -0.2) is 0 Å². The van der Waals surface area contributed by atoms with Gasteiger partial charge in [-0.05, 0) is 38.3 Å². The van der Waals surface area contributed by atoms with Gasteiger partial charge >= 0.3 is 0 Å². The Balaban J connectivity index is 1.75. The van der Waals surface area contributed by atoms with Gasteiger partial charge in [0, 0.05) is 25.2 Å². The van der Waals surface area contributed by atoms with Crippen LogP contribution in [0.3, 0.4) is 0 Å². The van der Waals surface area contributed by atoms with Crippen LogP contribution in [0.1, 0.15) is 38.0 Å². The zero-order valence-electron chi connectivity index (χ0n) is 12.3. The predicted molar refractivity (Wildman–Crippen MR) is 79.5 cm³/mol. The standard InChI is InChI=1S/C16H26N2O/c1-16(2,3)18-10-9-17-12-15-14-7-5-4-6-13(14)8-11-19-15/h4-7,15,17-18H,8-12H2,1-3H3. The van der Waals surface area contributed by atoms with E-state index in [0.29, 0.717) is 0 Å². The van der Waals surface area contributed by atoms with E-state index in [-0.39, 0.29) is 11.6 Å². The van der Waals surface area contributed by atoms with Crippen molar-refractivity contribution in [3.63, 3.8) is 0 Å². The molecule has 0 aromatic heterocycles. The third-order valence-electron chi connectivity index (χ3n) is 3.38. The molecule has 1 atom stereocenters. The van der Waals surface area contributed by atoms with Gasteiger partial charge in [0.2, 0.25) is 0 Å². The fourth-order valence-electron chi connectivity index (χ4n) is 2.40. The molecule has 19 heavy (non-hydrogen) atoms. The predicted octanol–water partition coefficient (Wildman–Crippen LogP) is 2.28. The van der Waals surface area contributed by atoms with Crippen LogP contribution in [0.5, 0.6) is 0 Å². The van der Waals surface area contributed by atoms with Crippen molar-refractivity contribution < 1.29 is 4.74 Å². The Morgan fingerprint density at radius 1 is 1.21 bits per heavy atom. The molecule has 2 N–H and O–H groups in total. The van der Waals surface area contributed by atoms with Gasteiger partial charge in [-0.2, -0.15) is 0 Å². The maximum Gasteiger partial charge on any atom is 0.0952 e. The summed E-state index contributed by atoms with van der Waals surface area (Å²) in [5.74, 6) is 0. The molecule has 3 heteroatoms. The quantitative estimate of drug-likeness (QED) is 0.799. The van der Waals surface area contributed by atoms with Gasteiger partial charge in [0.1, 0.15) is 0 Å². The molecular formula is C16H26N2O. The van der Waals surface area contributed by atoms with Crippen molar-refractivity contribution in [1.82, 2.24) is 10.6 Å². The average Bonchev–Trinajstić information content (AvgIpc) is 2.37. The molecule has 0 saturated carbocycles. The highest BCUT2D eigenvalue weighted by atomic mass is 16.5. The third kappa shape index (κ3) is 4.60. The van der Waals surface area contributed by atoms with Gasteiger partial charge in [-0.3, -0.25) is 0 Å². The Kier molecular flexibility index (Phi) is 4.97. The third-order valence-corrected chi connectivity index (χ3v) is 3.38. The molecule has 0 radical (unpaired) electrons. The monoisotopic (exact) mass is 262 g/mol. The van der Waals surface area contributed by atoms with Crippen LogP contribution in [0.25, 0.3) is 0 Å². The first kappa shape index (κ1) is 14.5. The van der Waals surface area contributed by atoms with Crippen molar-refractivity contribution in [2.24, 2.45) is 0 Å². The normalized spacial score (nSPS) is 19.2. The van der Waals surface area contributed by atoms with Gasteiger partial charge < -0.3 is 15.4 Å². The number of rotatable bonds is 5. The van der Waals surface area contributed by atoms with E-state index in [1.807, 2.05) is 0 Å². The molecular weight excluding hydrogens is 236 g/mol. The van der Waals surface area contributed by atoms with Crippen molar-refractivity contribution in [2.45, 2.75) is 38.8 Å². The second-order valence-electron chi connectivity index (χ2n) is 6.19. The van der Waals surface area contributed by atoms with Crippen molar-refractivity contribution >= 4 is 0 Å². The lowest BCUT2D eigenvalue weighted by molar-refractivity contribution is 0.0427. The maximum absolute atomic E-state index is 5.87. The van der Waals surface area contributed by atoms with E-state index >= 15 is 0 Å². The molecule has 0 amide bonds. The number of hydrogen-bond donors (Lipinski definition) is 2. The van der Waals surface area contributed by atoms with E-state index < -0.39 is 0 Å². The molecule has 0 aliphatic carbocycles. The summed E-state index contributed by atoms with van der Waals surface area (Å²) in [4.78, 5) is 0. The number of ether oxygens (including phenoxy) is 1. The molecule has 0 fully saturated rings. The lowest BCUT2D eigenvalue weighted by Crippen LogP contribution is -2.41. The Morgan fingerprint density at radius 2 is 2.00 bits per heavy atom. The van der Waals surface area contributed by atoms with E-state index in [2.05, 4.69) is 55.7 Å². The first-order valence-corrected chi connectivity index (χ1v) is 7.21. The summed E-state index contributed by atoms with van der Waals surface area (Å²) in [6, 6.07) is 8.61. The first-order chi connectivity index (χ1) is 9.06. The van der Waals surface area contributed by atoms with E-state index in [1.54, 1.807) is 0 Å². The van der Waals surface area contributed by atoms with E-state index in [0.717, 1.165) is 32.7 Å². The topological polar surface area (TPSA) is 33.3 Å². The zero-order valence-corrected chi connectivity index (χ0v) is 12.3. The molecule has 3 nitrogen and oxygen atoms in total. The minimum absolute atomic E-state index is 0.190. The van der Waals surface area contributed by atoms with Gasteiger partial charge in [-0.1, -0.05) is 24.3 Å². The maximum atomic E-state index is 5.87. The van der Waals surface area contributed by atoms with Gasteiger partial charge in [0.25, 0.3) is 0 Å². The average molecular weight is 262 g/mol. The fraction of sp³-hybridized carbons (Fsp3) is 0.625. The molecule has 1 aromatic rings. The van der Waals surface area contributed by atoms with Crippen LogP contribution in [0, 0.1) is 0 Å². The SMILES string of the molecule is CC(C)(C)NCCNCC1OCCc2ccccc21. The molecule has 0 saturated heterocycles. The summed E-state index contributed by atoms with van der Waals surface area (Å²) in [5, 5.41) is 6.96. The largest absolute Gasteiger partial charge is 0.372 e. The number of hydrogen-bond acceptors (Lipinski definition) is 3. The molecule has 106 valence electrons. The summed E-state index contributed by atoms with van der Waals surface area (Å²) >= 11 is 0. The Bertz CT molecular complexity index is 398. The van der Waals surface area contributed by atoms with Gasteiger partial charge in [0.15, 0.2) is 0 Å². The van der Waals surface area contributed by atoms with Crippen molar-refractivity contribution in [2.75, 3.05) is 26.2 Å². The van der Waals surface area contributed by atoms with Crippen molar-refractivity contribution in [3.8, 4) is 0 Å². The lowest BCUT2D eigenvalue weighted by Gasteiger charge is -2.26. The smallest absolute Gasteiger partial charge is 0.0952 e. The van der Waals surface area contributed by atoms with Crippen LogP contribution in [-0.2, 0) is 11.2 Å². The Hall–Kier alpha value is -0.900. The fourth-order valence-corrected chi connectivity index (χ4v) is 2.40. The lowest BCUT2D eigenvalue weighted by atomic mass is 9.97. The minimum atomic E-state index is 0.190. The summed E-state index contributed by atoms with van der Waals surface area (Å²) in [6.45, 7) is 10.2. The molecule has 0 bridgehead atoms. The van der Waals surface area contributed by atoms with Crippen LogP contribution in [-0.4, -0.2) is 31.8 Å². The van der Waals surface area contributed by atoms with Crippen LogP contribution >= 0.6 is 0 Å². The first-order valence-electron chi connectivity index (χ1n) is 7.21.